The fourth-order valence-electron chi connectivity index (χ4n) is 4.93. The SMILES string of the molecule is O=C(CN(CCN(CC(=O)NCc1ccccc1)CC(=O)NCc1ccccc1)CC(=O)NCc1ccccc1)NCc1ccccc1. The second-order valence-corrected chi connectivity index (χ2v) is 11.5. The molecule has 0 heterocycles. The molecule has 10 nitrogen and oxygen atoms in total. The van der Waals surface area contributed by atoms with Gasteiger partial charge in [-0.05, 0) is 22.3 Å². The summed E-state index contributed by atoms with van der Waals surface area (Å²) in [4.78, 5) is 55.5. The maximum absolute atomic E-state index is 13.0. The minimum atomic E-state index is -0.234. The topological polar surface area (TPSA) is 123 Å². The van der Waals surface area contributed by atoms with Crippen molar-refractivity contribution in [2.75, 3.05) is 39.3 Å². The van der Waals surface area contributed by atoms with Gasteiger partial charge in [0.15, 0.2) is 0 Å². The molecule has 4 N–H and O–H groups in total. The summed E-state index contributed by atoms with van der Waals surface area (Å²) in [6.45, 7) is 1.89. The van der Waals surface area contributed by atoms with Gasteiger partial charge >= 0.3 is 0 Å². The van der Waals surface area contributed by atoms with E-state index < -0.39 is 0 Å². The normalized spacial score (nSPS) is 10.8. The molecule has 4 amide bonds. The quantitative estimate of drug-likeness (QED) is 0.124. The van der Waals surface area contributed by atoms with E-state index in [1.807, 2.05) is 121 Å². The van der Waals surface area contributed by atoms with Crippen molar-refractivity contribution in [3.05, 3.63) is 144 Å². The third kappa shape index (κ3) is 14.0. The number of hydrogen-bond acceptors (Lipinski definition) is 6. The lowest BCUT2D eigenvalue weighted by molar-refractivity contribution is -0.128. The van der Waals surface area contributed by atoms with Crippen molar-refractivity contribution < 1.29 is 19.2 Å². The highest BCUT2D eigenvalue weighted by molar-refractivity contribution is 5.82. The molecule has 0 aromatic heterocycles. The highest BCUT2D eigenvalue weighted by atomic mass is 16.2. The van der Waals surface area contributed by atoms with E-state index in [4.69, 9.17) is 0 Å². The Balaban J connectivity index is 1.38. The lowest BCUT2D eigenvalue weighted by Gasteiger charge is -2.26. The molecule has 48 heavy (non-hydrogen) atoms. The molecule has 0 saturated heterocycles. The molecule has 0 radical (unpaired) electrons. The van der Waals surface area contributed by atoms with Gasteiger partial charge in [-0.3, -0.25) is 29.0 Å². The van der Waals surface area contributed by atoms with E-state index in [1.165, 1.54) is 0 Å². The second kappa shape index (κ2) is 20.0. The van der Waals surface area contributed by atoms with Crippen LogP contribution in [0.25, 0.3) is 0 Å². The second-order valence-electron chi connectivity index (χ2n) is 11.5. The third-order valence-corrected chi connectivity index (χ3v) is 7.53. The monoisotopic (exact) mass is 648 g/mol. The Morgan fingerprint density at radius 3 is 0.771 bits per heavy atom. The van der Waals surface area contributed by atoms with Gasteiger partial charge in [0, 0.05) is 39.3 Å². The Hall–Kier alpha value is -5.32. The Morgan fingerprint density at radius 1 is 0.354 bits per heavy atom. The summed E-state index contributed by atoms with van der Waals surface area (Å²) in [7, 11) is 0. The first kappa shape index (κ1) is 35.5. The van der Waals surface area contributed by atoms with Crippen LogP contribution >= 0.6 is 0 Å². The fourth-order valence-corrected chi connectivity index (χ4v) is 4.93. The fraction of sp³-hybridized carbons (Fsp3) is 0.263. The average molecular weight is 649 g/mol. The van der Waals surface area contributed by atoms with Crippen LogP contribution in [0, 0.1) is 0 Å². The number of nitrogens with zero attached hydrogens (tertiary/aromatic N) is 2. The highest BCUT2D eigenvalue weighted by Gasteiger charge is 2.19. The van der Waals surface area contributed by atoms with Crippen molar-refractivity contribution in [2.45, 2.75) is 26.2 Å². The summed E-state index contributed by atoms with van der Waals surface area (Å²) >= 11 is 0. The van der Waals surface area contributed by atoms with Gasteiger partial charge in [0.05, 0.1) is 26.2 Å². The van der Waals surface area contributed by atoms with Gasteiger partial charge < -0.3 is 21.3 Å². The van der Waals surface area contributed by atoms with Gasteiger partial charge in [0.1, 0.15) is 0 Å². The number of benzene rings is 4. The van der Waals surface area contributed by atoms with Crippen molar-refractivity contribution in [1.82, 2.24) is 31.1 Å². The van der Waals surface area contributed by atoms with E-state index in [1.54, 1.807) is 9.80 Å². The zero-order valence-electron chi connectivity index (χ0n) is 27.1. The lowest BCUT2D eigenvalue weighted by atomic mass is 10.2. The van der Waals surface area contributed by atoms with E-state index in [0.29, 0.717) is 26.2 Å². The van der Waals surface area contributed by atoms with Gasteiger partial charge in [0.2, 0.25) is 23.6 Å². The van der Waals surface area contributed by atoms with Gasteiger partial charge in [0.25, 0.3) is 0 Å². The average Bonchev–Trinajstić information content (AvgIpc) is 3.12. The maximum atomic E-state index is 13.0. The van der Waals surface area contributed by atoms with Crippen molar-refractivity contribution in [3.8, 4) is 0 Å². The number of rotatable bonds is 19. The Bertz CT molecular complexity index is 1320. The third-order valence-electron chi connectivity index (χ3n) is 7.53. The summed E-state index contributed by atoms with van der Waals surface area (Å²) in [5.41, 5.74) is 3.86. The minimum Gasteiger partial charge on any atom is -0.351 e. The van der Waals surface area contributed by atoms with Gasteiger partial charge in [-0.15, -0.1) is 0 Å². The summed E-state index contributed by atoms with van der Waals surface area (Å²) in [5.74, 6) is -0.935. The molecule has 0 atom stereocenters. The van der Waals surface area contributed by atoms with Crippen LogP contribution in [0.2, 0.25) is 0 Å². The molecule has 10 heteroatoms. The molecular weight excluding hydrogens is 604 g/mol. The van der Waals surface area contributed by atoms with E-state index in [9.17, 15) is 19.2 Å². The summed E-state index contributed by atoms with van der Waals surface area (Å²) in [6, 6.07) is 38.4. The van der Waals surface area contributed by atoms with Crippen LogP contribution in [-0.2, 0) is 45.4 Å². The highest BCUT2D eigenvalue weighted by Crippen LogP contribution is 2.02. The molecule has 4 rings (SSSR count). The smallest absolute Gasteiger partial charge is 0.234 e. The first-order chi connectivity index (χ1) is 23.4. The predicted octanol–water partition coefficient (Wildman–Crippen LogP) is 2.86. The number of amides is 4. The van der Waals surface area contributed by atoms with Crippen molar-refractivity contribution >= 4 is 23.6 Å². The molecule has 0 fully saturated rings. The number of nitrogens with one attached hydrogen (secondary N) is 4. The number of carbonyl (C=O) groups is 4. The molecule has 0 spiro atoms. The molecule has 0 unspecified atom stereocenters. The Kier molecular flexibility index (Phi) is 14.8. The van der Waals surface area contributed by atoms with Gasteiger partial charge in [-0.25, -0.2) is 0 Å². The molecule has 0 aliphatic carbocycles. The van der Waals surface area contributed by atoms with Crippen LogP contribution in [0.5, 0.6) is 0 Å². The van der Waals surface area contributed by atoms with Gasteiger partial charge in [-0.1, -0.05) is 121 Å². The molecular formula is C38H44N6O4. The first-order valence-corrected chi connectivity index (χ1v) is 16.1. The van der Waals surface area contributed by atoms with Crippen LogP contribution in [0.4, 0.5) is 0 Å². The zero-order chi connectivity index (χ0) is 33.8. The molecule has 4 aromatic rings. The van der Waals surface area contributed by atoms with Crippen LogP contribution in [0.15, 0.2) is 121 Å². The number of carbonyl (C=O) groups excluding carboxylic acids is 4. The van der Waals surface area contributed by atoms with E-state index >= 15 is 0 Å². The maximum Gasteiger partial charge on any atom is 0.234 e. The van der Waals surface area contributed by atoms with E-state index in [0.717, 1.165) is 22.3 Å². The molecule has 0 bridgehead atoms. The zero-order valence-corrected chi connectivity index (χ0v) is 27.1. The molecule has 0 aliphatic heterocycles. The van der Waals surface area contributed by atoms with E-state index in [-0.39, 0.29) is 62.9 Å². The lowest BCUT2D eigenvalue weighted by Crippen LogP contribution is -2.48. The van der Waals surface area contributed by atoms with E-state index in [2.05, 4.69) is 21.3 Å². The Labute approximate surface area is 282 Å². The number of hydrogen-bond donors (Lipinski definition) is 4. The predicted molar refractivity (Wildman–Crippen MR) is 186 cm³/mol. The van der Waals surface area contributed by atoms with Crippen molar-refractivity contribution in [3.63, 3.8) is 0 Å². The van der Waals surface area contributed by atoms with Crippen LogP contribution in [0.3, 0.4) is 0 Å². The van der Waals surface area contributed by atoms with Crippen LogP contribution in [0.1, 0.15) is 22.3 Å². The summed E-state index contributed by atoms with van der Waals surface area (Å²) < 4.78 is 0. The van der Waals surface area contributed by atoms with Gasteiger partial charge in [-0.2, -0.15) is 0 Å². The van der Waals surface area contributed by atoms with Crippen LogP contribution in [-0.4, -0.2) is 72.7 Å². The van der Waals surface area contributed by atoms with Crippen molar-refractivity contribution in [2.24, 2.45) is 0 Å². The molecule has 250 valence electrons. The van der Waals surface area contributed by atoms with Crippen molar-refractivity contribution in [1.29, 1.82) is 0 Å². The molecule has 0 saturated carbocycles. The molecule has 0 aliphatic rings. The Morgan fingerprint density at radius 2 is 0.562 bits per heavy atom. The van der Waals surface area contributed by atoms with Crippen LogP contribution < -0.4 is 21.3 Å². The minimum absolute atomic E-state index is 0.0279. The largest absolute Gasteiger partial charge is 0.351 e. The summed E-state index contributed by atoms with van der Waals surface area (Å²) in [6.07, 6.45) is 0. The first-order valence-electron chi connectivity index (χ1n) is 16.1. The summed E-state index contributed by atoms with van der Waals surface area (Å²) in [5, 5.41) is 11.7. The molecule has 4 aromatic carbocycles. The standard InChI is InChI=1S/C38H44N6O4/c45-35(39-23-31-13-5-1-6-14-31)27-43(28-36(46)40-24-32-15-7-2-8-16-32)21-22-44(29-37(47)41-25-33-17-9-3-10-18-33)30-38(48)42-26-34-19-11-4-12-20-34/h1-20H,21-30H2,(H,39,45)(H,40,46)(H,41,47)(H,42,48).